The first-order valence-corrected chi connectivity index (χ1v) is 13.7. The maximum atomic E-state index is 14.2. The molecule has 0 radical (unpaired) electrons. The Morgan fingerprint density at radius 1 is 0.946 bits per heavy atom. The van der Waals surface area contributed by atoms with Crippen LogP contribution < -0.4 is 0 Å². The fourth-order valence-electron chi connectivity index (χ4n) is 6.85. The third-order valence-electron chi connectivity index (χ3n) is 8.82. The number of unbranched alkanes of at least 4 members (excludes halogenated alkanes) is 1. The van der Waals surface area contributed by atoms with Crippen LogP contribution in [0.25, 0.3) is 0 Å². The van der Waals surface area contributed by atoms with Crippen LogP contribution in [0.2, 0.25) is 0 Å². The van der Waals surface area contributed by atoms with E-state index in [9.17, 15) is 19.5 Å². The predicted molar refractivity (Wildman–Crippen MR) is 135 cm³/mol. The smallest absolute Gasteiger partial charge is 0.249 e. The molecule has 3 amide bonds. The van der Waals surface area contributed by atoms with E-state index in [1.807, 2.05) is 36.1 Å². The average molecular weight is 517 g/mol. The van der Waals surface area contributed by atoms with Gasteiger partial charge in [0.15, 0.2) is 0 Å². The lowest BCUT2D eigenvalue weighted by Crippen LogP contribution is -2.57. The molecule has 1 N–H and O–H groups in total. The normalized spacial score (nSPS) is 36.0. The number of ether oxygens (including phenoxy) is 2. The molecule has 3 saturated heterocycles. The summed E-state index contributed by atoms with van der Waals surface area (Å²) in [6.07, 6.45) is 9.38. The first-order chi connectivity index (χ1) is 17.9. The van der Waals surface area contributed by atoms with Crippen LogP contribution in [-0.4, -0.2) is 132 Å². The van der Waals surface area contributed by atoms with Gasteiger partial charge in [0.25, 0.3) is 0 Å². The quantitative estimate of drug-likeness (QED) is 0.354. The van der Waals surface area contributed by atoms with Gasteiger partial charge in [-0.2, -0.15) is 0 Å². The Morgan fingerprint density at radius 3 is 2.43 bits per heavy atom. The summed E-state index contributed by atoms with van der Waals surface area (Å²) in [5.74, 6) is -1.92. The number of carbonyl (C=O) groups is 3. The number of likely N-dealkylation sites (tertiary alicyclic amines) is 1. The summed E-state index contributed by atoms with van der Waals surface area (Å²) in [4.78, 5) is 49.5. The van der Waals surface area contributed by atoms with Gasteiger partial charge in [-0.25, -0.2) is 0 Å². The molecule has 10 nitrogen and oxygen atoms in total. The fourth-order valence-corrected chi connectivity index (χ4v) is 6.85. The Hall–Kier alpha value is -2.27. The number of morpholine rings is 1. The highest BCUT2D eigenvalue weighted by Gasteiger charge is 2.75. The molecule has 0 aromatic rings. The molecule has 5 aliphatic rings. The molecule has 0 aromatic heterocycles. The van der Waals surface area contributed by atoms with Crippen LogP contribution in [0.1, 0.15) is 26.2 Å². The van der Waals surface area contributed by atoms with Gasteiger partial charge in [0, 0.05) is 59.5 Å². The largest absolute Gasteiger partial charge is 0.396 e. The van der Waals surface area contributed by atoms with Crippen molar-refractivity contribution in [1.29, 1.82) is 0 Å². The van der Waals surface area contributed by atoms with Crippen molar-refractivity contribution in [3.05, 3.63) is 24.3 Å². The lowest BCUT2D eigenvalue weighted by molar-refractivity contribution is -0.154. The number of nitrogens with zero attached hydrogens (tertiary/aromatic N) is 4. The summed E-state index contributed by atoms with van der Waals surface area (Å²) < 4.78 is 12.4. The highest BCUT2D eigenvalue weighted by Crippen LogP contribution is 2.58. The Morgan fingerprint density at radius 2 is 1.70 bits per heavy atom. The number of rotatable bonds is 8. The van der Waals surface area contributed by atoms with Crippen LogP contribution >= 0.6 is 0 Å². The second-order valence-corrected chi connectivity index (χ2v) is 10.8. The van der Waals surface area contributed by atoms with Crippen LogP contribution in [0.3, 0.4) is 0 Å². The van der Waals surface area contributed by atoms with Gasteiger partial charge < -0.3 is 29.3 Å². The number of aliphatic hydroxyl groups excluding tert-OH is 1. The lowest BCUT2D eigenvalue weighted by atomic mass is 9.73. The van der Waals surface area contributed by atoms with E-state index in [0.717, 1.165) is 19.6 Å². The summed E-state index contributed by atoms with van der Waals surface area (Å²) in [6.45, 7) is 7.57. The van der Waals surface area contributed by atoms with E-state index in [2.05, 4.69) is 4.90 Å². The van der Waals surface area contributed by atoms with Crippen molar-refractivity contribution in [3.63, 3.8) is 0 Å². The Balaban J connectivity index is 1.51. The summed E-state index contributed by atoms with van der Waals surface area (Å²) in [6, 6.07) is -0.839. The van der Waals surface area contributed by atoms with Crippen molar-refractivity contribution in [2.75, 3.05) is 72.7 Å². The lowest BCUT2D eigenvalue weighted by Gasteiger charge is -2.38. The Labute approximate surface area is 218 Å². The number of hydrogen-bond donors (Lipinski definition) is 1. The van der Waals surface area contributed by atoms with Gasteiger partial charge in [0.2, 0.25) is 17.7 Å². The summed E-state index contributed by atoms with van der Waals surface area (Å²) in [5.41, 5.74) is -2.15. The number of hydrogen-bond acceptors (Lipinski definition) is 7. The van der Waals surface area contributed by atoms with Gasteiger partial charge in [0.1, 0.15) is 11.6 Å². The van der Waals surface area contributed by atoms with Gasteiger partial charge in [0.05, 0.1) is 30.7 Å². The molecular weight excluding hydrogens is 476 g/mol. The van der Waals surface area contributed by atoms with Gasteiger partial charge in [-0.1, -0.05) is 31.2 Å². The third kappa shape index (κ3) is 4.31. The van der Waals surface area contributed by atoms with Crippen LogP contribution in [0.15, 0.2) is 24.3 Å². The van der Waals surface area contributed by atoms with Crippen LogP contribution in [0.4, 0.5) is 0 Å². The molecule has 37 heavy (non-hydrogen) atoms. The van der Waals surface area contributed by atoms with E-state index in [1.54, 1.807) is 16.8 Å². The molecule has 0 aromatic carbocycles. The third-order valence-corrected chi connectivity index (χ3v) is 8.82. The molecule has 1 unspecified atom stereocenters. The van der Waals surface area contributed by atoms with E-state index in [-0.39, 0.29) is 24.3 Å². The first kappa shape index (κ1) is 26.3. The van der Waals surface area contributed by atoms with Crippen molar-refractivity contribution in [3.8, 4) is 0 Å². The molecule has 204 valence electrons. The molecule has 0 aliphatic carbocycles. The summed E-state index contributed by atoms with van der Waals surface area (Å²) >= 11 is 0. The minimum absolute atomic E-state index is 0.0208. The zero-order chi connectivity index (χ0) is 26.2. The zero-order valence-corrected chi connectivity index (χ0v) is 22.0. The van der Waals surface area contributed by atoms with Gasteiger partial charge in [-0.3, -0.25) is 19.3 Å². The second kappa shape index (κ2) is 10.5. The van der Waals surface area contributed by atoms with E-state index in [4.69, 9.17) is 9.47 Å². The Bertz CT molecular complexity index is 965. The fraction of sp³-hybridized carbons (Fsp3) is 0.741. The molecule has 5 heterocycles. The molecular formula is C27H40N4O6. The second-order valence-electron chi connectivity index (χ2n) is 10.8. The minimum Gasteiger partial charge on any atom is -0.396 e. The maximum absolute atomic E-state index is 14.2. The van der Waals surface area contributed by atoms with Crippen molar-refractivity contribution >= 4 is 17.7 Å². The molecule has 5 rings (SSSR count). The van der Waals surface area contributed by atoms with Crippen molar-refractivity contribution in [2.24, 2.45) is 11.8 Å². The van der Waals surface area contributed by atoms with E-state index in [1.165, 1.54) is 0 Å². The molecule has 3 fully saturated rings. The van der Waals surface area contributed by atoms with Crippen LogP contribution in [0, 0.1) is 11.8 Å². The van der Waals surface area contributed by atoms with Crippen LogP contribution in [0.5, 0.6) is 0 Å². The van der Waals surface area contributed by atoms with Gasteiger partial charge in [-0.05, 0) is 19.3 Å². The molecule has 5 aliphatic heterocycles. The van der Waals surface area contributed by atoms with Crippen molar-refractivity contribution in [1.82, 2.24) is 19.6 Å². The molecule has 5 atom stereocenters. The highest BCUT2D eigenvalue weighted by molar-refractivity contribution is 6.00. The minimum atomic E-state index is -1.21. The monoisotopic (exact) mass is 516 g/mol. The highest BCUT2D eigenvalue weighted by atomic mass is 16.5. The average Bonchev–Trinajstić information content (AvgIpc) is 3.20. The molecule has 0 bridgehead atoms. The van der Waals surface area contributed by atoms with Crippen LogP contribution in [-0.2, 0) is 23.9 Å². The van der Waals surface area contributed by atoms with Gasteiger partial charge in [-0.15, -0.1) is 0 Å². The van der Waals surface area contributed by atoms with E-state index in [0.29, 0.717) is 58.7 Å². The predicted octanol–water partition coefficient (Wildman–Crippen LogP) is -0.121. The number of fused-ring (bicyclic) bond motifs is 2. The zero-order valence-electron chi connectivity index (χ0n) is 22.0. The molecule has 10 heteroatoms. The van der Waals surface area contributed by atoms with Crippen molar-refractivity contribution in [2.45, 2.75) is 43.4 Å². The first-order valence-electron chi connectivity index (χ1n) is 13.7. The summed E-state index contributed by atoms with van der Waals surface area (Å²) in [7, 11) is 1.75. The number of amides is 3. The summed E-state index contributed by atoms with van der Waals surface area (Å²) in [5, 5.41) is 9.36. The number of likely N-dealkylation sites (N-methyl/N-ethyl adjacent to an activating group) is 1. The van der Waals surface area contributed by atoms with E-state index < -0.39 is 29.1 Å². The topological polar surface area (TPSA) is 103 Å². The molecule has 1 spiro atoms. The Kier molecular flexibility index (Phi) is 7.46. The number of aliphatic hydroxyl groups is 1. The SMILES string of the molecule is CC[C@@]12C=CCN(C)C(=O)[C@@H]1[C@H]1C(=O)N(CCCCO)C3C(=O)N(CCN4CCOCC4)CC=C[C@@]31O2. The van der Waals surface area contributed by atoms with Crippen molar-refractivity contribution < 1.29 is 29.0 Å². The molecule has 0 saturated carbocycles. The number of carbonyl (C=O) groups excluding carboxylic acids is 3. The standard InChI is InChI=1S/C27H40N4O6/c1-3-26-8-6-10-28(2)23(33)20(26)21-24(34)31(12-4-5-17-32)22-25(35)30(11-7-9-27(21,22)37-26)14-13-29-15-18-36-19-16-29/h6-9,20-22,32H,3-5,10-19H2,1-2H3/t20-,21-,22?,26+,27-/m0/s1. The van der Waals surface area contributed by atoms with Gasteiger partial charge >= 0.3 is 0 Å². The van der Waals surface area contributed by atoms with E-state index >= 15 is 0 Å². The maximum Gasteiger partial charge on any atom is 0.249 e.